The SMILES string of the molecule is OC(CBr)CSc1nncs1. The number of thioether (sulfide) groups is 1. The van der Waals surface area contributed by atoms with Crippen LogP contribution in [-0.2, 0) is 0 Å². The third-order valence-electron chi connectivity index (χ3n) is 0.917. The predicted molar refractivity (Wildman–Crippen MR) is 50.4 cm³/mol. The molecule has 11 heavy (non-hydrogen) atoms. The van der Waals surface area contributed by atoms with Gasteiger partial charge in [0.15, 0.2) is 4.34 Å². The molecule has 1 unspecified atom stereocenters. The molecule has 1 aromatic rings. The fourth-order valence-electron chi connectivity index (χ4n) is 0.438. The van der Waals surface area contributed by atoms with Crippen LogP contribution in [0.3, 0.4) is 0 Å². The quantitative estimate of drug-likeness (QED) is 0.652. The second-order valence-electron chi connectivity index (χ2n) is 1.82. The Balaban J connectivity index is 2.23. The number of aliphatic hydroxyl groups excluding tert-OH is 1. The molecule has 1 aromatic heterocycles. The summed E-state index contributed by atoms with van der Waals surface area (Å²) >= 11 is 6.20. The van der Waals surface area contributed by atoms with Gasteiger partial charge in [-0.3, -0.25) is 0 Å². The summed E-state index contributed by atoms with van der Waals surface area (Å²) in [7, 11) is 0. The topological polar surface area (TPSA) is 46.0 Å². The van der Waals surface area contributed by atoms with Crippen molar-refractivity contribution >= 4 is 39.0 Å². The van der Waals surface area contributed by atoms with Crippen LogP contribution in [0, 0.1) is 0 Å². The van der Waals surface area contributed by atoms with Gasteiger partial charge in [-0.1, -0.05) is 39.0 Å². The van der Waals surface area contributed by atoms with E-state index in [9.17, 15) is 0 Å². The molecule has 0 spiro atoms. The number of alkyl halides is 1. The Morgan fingerprint density at radius 1 is 1.82 bits per heavy atom. The first kappa shape index (κ1) is 9.44. The fraction of sp³-hybridized carbons (Fsp3) is 0.600. The Morgan fingerprint density at radius 3 is 3.18 bits per heavy atom. The second kappa shape index (κ2) is 5.08. The van der Waals surface area contributed by atoms with Crippen LogP contribution in [-0.4, -0.2) is 32.5 Å². The largest absolute Gasteiger partial charge is 0.391 e. The van der Waals surface area contributed by atoms with Crippen LogP contribution < -0.4 is 0 Å². The van der Waals surface area contributed by atoms with Crippen molar-refractivity contribution in [2.45, 2.75) is 10.4 Å². The van der Waals surface area contributed by atoms with Crippen molar-refractivity contribution < 1.29 is 5.11 Å². The maximum Gasteiger partial charge on any atom is 0.174 e. The number of rotatable bonds is 4. The molecular formula is C5H7BrN2OS2. The summed E-state index contributed by atoms with van der Waals surface area (Å²) in [4.78, 5) is 0. The number of aliphatic hydroxyl groups is 1. The van der Waals surface area contributed by atoms with Crippen LogP contribution in [0.4, 0.5) is 0 Å². The predicted octanol–water partition coefficient (Wildman–Crippen LogP) is 1.39. The van der Waals surface area contributed by atoms with Gasteiger partial charge in [-0.25, -0.2) is 0 Å². The number of hydrogen-bond acceptors (Lipinski definition) is 5. The standard InChI is InChI=1S/C5H7BrN2OS2/c6-1-4(9)2-10-5-8-7-3-11-5/h3-4,9H,1-2H2. The number of halogens is 1. The van der Waals surface area contributed by atoms with E-state index in [1.165, 1.54) is 23.1 Å². The zero-order chi connectivity index (χ0) is 8.10. The lowest BCUT2D eigenvalue weighted by atomic mass is 10.5. The summed E-state index contributed by atoms with van der Waals surface area (Å²) < 4.78 is 0.907. The molecule has 0 amide bonds. The van der Waals surface area contributed by atoms with Gasteiger partial charge in [0.1, 0.15) is 5.51 Å². The zero-order valence-electron chi connectivity index (χ0n) is 5.61. The molecule has 1 atom stereocenters. The van der Waals surface area contributed by atoms with E-state index in [0.717, 1.165) is 4.34 Å². The Morgan fingerprint density at radius 2 is 2.64 bits per heavy atom. The normalized spacial score (nSPS) is 13.3. The van der Waals surface area contributed by atoms with Crippen LogP contribution in [0.15, 0.2) is 9.85 Å². The third-order valence-corrected chi connectivity index (χ3v) is 3.67. The lowest BCUT2D eigenvalue weighted by Crippen LogP contribution is -2.10. The van der Waals surface area contributed by atoms with E-state index in [4.69, 9.17) is 5.11 Å². The molecule has 0 aliphatic carbocycles. The van der Waals surface area contributed by atoms with Crippen molar-refractivity contribution in [1.29, 1.82) is 0 Å². The van der Waals surface area contributed by atoms with Gasteiger partial charge >= 0.3 is 0 Å². The molecule has 1 N–H and O–H groups in total. The Labute approximate surface area is 81.4 Å². The molecule has 0 aliphatic heterocycles. The summed E-state index contributed by atoms with van der Waals surface area (Å²) in [5.41, 5.74) is 1.68. The van der Waals surface area contributed by atoms with E-state index in [-0.39, 0.29) is 6.10 Å². The third kappa shape index (κ3) is 3.50. The van der Waals surface area contributed by atoms with Crippen LogP contribution in [0.1, 0.15) is 0 Å². The zero-order valence-corrected chi connectivity index (χ0v) is 8.82. The molecule has 0 saturated carbocycles. The molecule has 0 fully saturated rings. The summed E-state index contributed by atoms with van der Waals surface area (Å²) in [6.45, 7) is 0. The van der Waals surface area contributed by atoms with E-state index in [2.05, 4.69) is 26.1 Å². The van der Waals surface area contributed by atoms with Crippen molar-refractivity contribution in [3.05, 3.63) is 5.51 Å². The van der Waals surface area contributed by atoms with Gasteiger partial charge in [0, 0.05) is 11.1 Å². The number of hydrogen-bond donors (Lipinski definition) is 1. The first-order valence-corrected chi connectivity index (χ1v) is 5.94. The Bertz CT molecular complexity index is 194. The lowest BCUT2D eigenvalue weighted by Gasteiger charge is -2.02. The van der Waals surface area contributed by atoms with Crippen molar-refractivity contribution in [2.24, 2.45) is 0 Å². The average molecular weight is 255 g/mol. The molecule has 62 valence electrons. The van der Waals surface area contributed by atoms with Crippen LogP contribution >= 0.6 is 39.0 Å². The first-order valence-electron chi connectivity index (χ1n) is 2.96. The molecule has 0 bridgehead atoms. The smallest absolute Gasteiger partial charge is 0.174 e. The minimum atomic E-state index is -0.302. The highest BCUT2D eigenvalue weighted by Gasteiger charge is 2.04. The van der Waals surface area contributed by atoms with Crippen LogP contribution in [0.25, 0.3) is 0 Å². The summed E-state index contributed by atoms with van der Waals surface area (Å²) in [5, 5.41) is 17.3. The van der Waals surface area contributed by atoms with Crippen molar-refractivity contribution in [2.75, 3.05) is 11.1 Å². The number of nitrogens with zero attached hydrogens (tertiary/aromatic N) is 2. The van der Waals surface area contributed by atoms with Gasteiger partial charge in [0.25, 0.3) is 0 Å². The van der Waals surface area contributed by atoms with E-state index in [1.807, 2.05) is 0 Å². The molecule has 0 aliphatic rings. The van der Waals surface area contributed by atoms with Crippen LogP contribution in [0.5, 0.6) is 0 Å². The highest BCUT2D eigenvalue weighted by molar-refractivity contribution is 9.09. The maximum atomic E-state index is 9.15. The average Bonchev–Trinajstić information content (AvgIpc) is 2.52. The monoisotopic (exact) mass is 254 g/mol. The van der Waals surface area contributed by atoms with Gasteiger partial charge in [-0.15, -0.1) is 10.2 Å². The van der Waals surface area contributed by atoms with Gasteiger partial charge in [-0.2, -0.15) is 0 Å². The Kier molecular flexibility index (Phi) is 4.36. The van der Waals surface area contributed by atoms with Gasteiger partial charge in [0.2, 0.25) is 0 Å². The maximum absolute atomic E-state index is 9.15. The van der Waals surface area contributed by atoms with Crippen LogP contribution in [0.2, 0.25) is 0 Å². The molecule has 1 heterocycles. The van der Waals surface area contributed by atoms with Crippen molar-refractivity contribution in [3.8, 4) is 0 Å². The highest BCUT2D eigenvalue weighted by Crippen LogP contribution is 2.19. The molecule has 1 rings (SSSR count). The van der Waals surface area contributed by atoms with Gasteiger partial charge in [-0.05, 0) is 0 Å². The minimum Gasteiger partial charge on any atom is -0.391 e. The molecule has 3 nitrogen and oxygen atoms in total. The molecule has 6 heteroatoms. The summed E-state index contributed by atoms with van der Waals surface area (Å²) in [6, 6.07) is 0. The molecule has 0 aromatic carbocycles. The molecular weight excluding hydrogens is 248 g/mol. The van der Waals surface area contributed by atoms with E-state index in [1.54, 1.807) is 5.51 Å². The summed E-state index contributed by atoms with van der Waals surface area (Å²) in [6.07, 6.45) is -0.302. The lowest BCUT2D eigenvalue weighted by molar-refractivity contribution is 0.226. The first-order chi connectivity index (χ1) is 5.33. The Hall–Kier alpha value is 0.350. The van der Waals surface area contributed by atoms with Gasteiger partial charge < -0.3 is 5.11 Å². The minimum absolute atomic E-state index is 0.302. The fourth-order valence-corrected chi connectivity index (χ4v) is 2.41. The highest BCUT2D eigenvalue weighted by atomic mass is 79.9. The van der Waals surface area contributed by atoms with E-state index in [0.29, 0.717) is 11.1 Å². The van der Waals surface area contributed by atoms with Crippen molar-refractivity contribution in [3.63, 3.8) is 0 Å². The number of aromatic nitrogens is 2. The molecule has 0 saturated heterocycles. The summed E-state index contributed by atoms with van der Waals surface area (Å²) in [5.74, 6) is 0.667. The van der Waals surface area contributed by atoms with Gasteiger partial charge in [0.05, 0.1) is 6.10 Å². The second-order valence-corrected chi connectivity index (χ2v) is 4.57. The van der Waals surface area contributed by atoms with E-state index >= 15 is 0 Å². The van der Waals surface area contributed by atoms with Crippen molar-refractivity contribution in [1.82, 2.24) is 10.2 Å². The molecule has 0 radical (unpaired) electrons. The van der Waals surface area contributed by atoms with E-state index < -0.39 is 0 Å².